The number of carbonyl (C=O) groups excluding carboxylic acids is 1. The summed E-state index contributed by atoms with van der Waals surface area (Å²) in [6.07, 6.45) is 2.58. The molecule has 0 spiro atoms. The van der Waals surface area contributed by atoms with Gasteiger partial charge in [0, 0.05) is 30.7 Å². The Balaban J connectivity index is 1.59. The number of fused-ring (bicyclic) bond motifs is 2. The molecule has 0 bridgehead atoms. The number of aromatic nitrogens is 5. The SMILES string of the molecule is CC(C)NC(=O)Oc1c[nH]c2ncc(-c3nn(C4CNC4)c4cc(F)ccc34)nc12. The van der Waals surface area contributed by atoms with E-state index in [0.717, 1.165) is 18.5 Å². The highest BCUT2D eigenvalue weighted by Gasteiger charge is 2.25. The molecular formula is C20H20FN7O2. The van der Waals surface area contributed by atoms with Gasteiger partial charge in [-0.15, -0.1) is 0 Å². The third kappa shape index (κ3) is 3.14. The largest absolute Gasteiger partial charge is 0.412 e. The number of ether oxygens (including phenoxy) is 1. The van der Waals surface area contributed by atoms with Gasteiger partial charge in [-0.05, 0) is 32.0 Å². The van der Waals surface area contributed by atoms with E-state index in [4.69, 9.17) is 9.84 Å². The van der Waals surface area contributed by atoms with Crippen LogP contribution in [-0.4, -0.2) is 50.0 Å². The van der Waals surface area contributed by atoms with Crippen LogP contribution >= 0.6 is 0 Å². The van der Waals surface area contributed by atoms with Crippen molar-refractivity contribution in [1.29, 1.82) is 0 Å². The lowest BCUT2D eigenvalue weighted by molar-refractivity contribution is 0.198. The summed E-state index contributed by atoms with van der Waals surface area (Å²) in [6, 6.07) is 4.69. The van der Waals surface area contributed by atoms with Crippen molar-refractivity contribution < 1.29 is 13.9 Å². The topological polar surface area (TPSA) is 110 Å². The fourth-order valence-corrected chi connectivity index (χ4v) is 3.45. The molecule has 10 heteroatoms. The molecule has 0 saturated carbocycles. The molecule has 3 N–H and O–H groups in total. The highest BCUT2D eigenvalue weighted by Crippen LogP contribution is 2.32. The van der Waals surface area contributed by atoms with Gasteiger partial charge >= 0.3 is 6.09 Å². The lowest BCUT2D eigenvalue weighted by Crippen LogP contribution is -2.43. The van der Waals surface area contributed by atoms with Crippen molar-refractivity contribution in [1.82, 2.24) is 35.4 Å². The Morgan fingerprint density at radius 3 is 2.93 bits per heavy atom. The average Bonchev–Trinajstić information content (AvgIpc) is 3.21. The monoisotopic (exact) mass is 409 g/mol. The van der Waals surface area contributed by atoms with E-state index in [2.05, 4.69) is 25.6 Å². The van der Waals surface area contributed by atoms with Crippen LogP contribution in [0, 0.1) is 5.82 Å². The van der Waals surface area contributed by atoms with E-state index >= 15 is 0 Å². The number of halogens is 1. The summed E-state index contributed by atoms with van der Waals surface area (Å²) in [5, 5.41) is 11.4. The lowest BCUT2D eigenvalue weighted by Gasteiger charge is -2.27. The molecule has 3 aromatic heterocycles. The van der Waals surface area contributed by atoms with Crippen molar-refractivity contribution in [3.8, 4) is 17.1 Å². The molecule has 9 nitrogen and oxygen atoms in total. The molecule has 1 aliphatic heterocycles. The van der Waals surface area contributed by atoms with Crippen molar-refractivity contribution >= 4 is 28.2 Å². The summed E-state index contributed by atoms with van der Waals surface area (Å²) in [5.74, 6) is -0.0445. The number of carbonyl (C=O) groups is 1. The molecule has 1 amide bonds. The maximum absolute atomic E-state index is 13.9. The molecule has 5 rings (SSSR count). The van der Waals surface area contributed by atoms with Gasteiger partial charge in [-0.25, -0.2) is 19.2 Å². The Morgan fingerprint density at radius 1 is 1.37 bits per heavy atom. The maximum Gasteiger partial charge on any atom is 0.412 e. The van der Waals surface area contributed by atoms with E-state index < -0.39 is 6.09 Å². The van der Waals surface area contributed by atoms with Gasteiger partial charge in [-0.2, -0.15) is 5.10 Å². The van der Waals surface area contributed by atoms with Gasteiger partial charge < -0.3 is 20.4 Å². The summed E-state index contributed by atoms with van der Waals surface area (Å²) in [7, 11) is 0. The Labute approximate surface area is 170 Å². The van der Waals surface area contributed by atoms with Gasteiger partial charge in [0.25, 0.3) is 0 Å². The average molecular weight is 409 g/mol. The van der Waals surface area contributed by atoms with Crippen molar-refractivity contribution in [2.45, 2.75) is 25.9 Å². The van der Waals surface area contributed by atoms with E-state index in [-0.39, 0.29) is 23.7 Å². The summed E-state index contributed by atoms with van der Waals surface area (Å²) in [5.41, 5.74) is 2.73. The number of amides is 1. The molecule has 1 aliphatic rings. The number of nitrogens with zero attached hydrogens (tertiary/aromatic N) is 4. The van der Waals surface area contributed by atoms with E-state index in [1.165, 1.54) is 12.1 Å². The van der Waals surface area contributed by atoms with E-state index in [0.29, 0.717) is 28.1 Å². The second kappa shape index (κ2) is 7.06. The summed E-state index contributed by atoms with van der Waals surface area (Å²) < 4.78 is 21.1. The first-order valence-corrected chi connectivity index (χ1v) is 9.71. The van der Waals surface area contributed by atoms with Crippen LogP contribution < -0.4 is 15.4 Å². The summed E-state index contributed by atoms with van der Waals surface area (Å²) in [6.45, 7) is 5.24. The van der Waals surface area contributed by atoms with Gasteiger partial charge in [-0.3, -0.25) is 4.68 Å². The number of rotatable bonds is 4. The molecule has 1 fully saturated rings. The predicted molar refractivity (Wildman–Crippen MR) is 109 cm³/mol. The third-order valence-electron chi connectivity index (χ3n) is 4.97. The summed E-state index contributed by atoms with van der Waals surface area (Å²) >= 11 is 0. The first-order valence-electron chi connectivity index (χ1n) is 9.71. The van der Waals surface area contributed by atoms with Crippen molar-refractivity contribution in [3.05, 3.63) is 36.4 Å². The first-order chi connectivity index (χ1) is 14.5. The van der Waals surface area contributed by atoms with Gasteiger partial charge in [0.2, 0.25) is 0 Å². The van der Waals surface area contributed by atoms with Gasteiger partial charge in [0.1, 0.15) is 17.2 Å². The quantitative estimate of drug-likeness (QED) is 0.478. The second-order valence-electron chi connectivity index (χ2n) is 7.56. The first kappa shape index (κ1) is 18.5. The lowest BCUT2D eigenvalue weighted by atomic mass is 10.1. The molecule has 0 radical (unpaired) electrons. The third-order valence-corrected chi connectivity index (χ3v) is 4.97. The number of H-pyrrole nitrogens is 1. The van der Waals surface area contributed by atoms with Crippen LogP contribution in [0.5, 0.6) is 5.75 Å². The number of nitrogens with one attached hydrogen (secondary N) is 3. The number of benzene rings is 1. The Hall–Kier alpha value is -3.53. The van der Waals surface area contributed by atoms with Crippen LogP contribution in [0.25, 0.3) is 33.5 Å². The standard InChI is InChI=1S/C20H20FN7O2/c1-10(2)25-20(29)30-16-9-24-19-18(16)26-14(8-23-19)17-13-4-3-11(21)5-15(13)28(27-17)12-6-22-7-12/h3-5,8-10,12,22H,6-7H2,1-2H3,(H,23,24)(H,25,29). The number of aromatic amines is 1. The normalized spacial score (nSPS) is 14.4. The highest BCUT2D eigenvalue weighted by molar-refractivity contribution is 5.94. The van der Waals surface area contributed by atoms with Crippen LogP contribution in [0.15, 0.2) is 30.6 Å². The molecule has 0 unspecified atom stereocenters. The minimum atomic E-state index is -0.569. The zero-order valence-corrected chi connectivity index (χ0v) is 16.4. The summed E-state index contributed by atoms with van der Waals surface area (Å²) in [4.78, 5) is 24.0. The fourth-order valence-electron chi connectivity index (χ4n) is 3.45. The van der Waals surface area contributed by atoms with Crippen molar-refractivity contribution in [3.63, 3.8) is 0 Å². The highest BCUT2D eigenvalue weighted by atomic mass is 19.1. The van der Waals surface area contributed by atoms with Crippen LogP contribution in [-0.2, 0) is 0 Å². The van der Waals surface area contributed by atoms with Crippen LogP contribution in [0.4, 0.5) is 9.18 Å². The van der Waals surface area contributed by atoms with Crippen LogP contribution in [0.3, 0.4) is 0 Å². The smallest absolute Gasteiger partial charge is 0.406 e. The molecule has 30 heavy (non-hydrogen) atoms. The molecule has 4 heterocycles. The molecule has 0 aliphatic carbocycles. The van der Waals surface area contributed by atoms with E-state index in [9.17, 15) is 9.18 Å². The zero-order chi connectivity index (χ0) is 20.8. The number of hydrogen-bond donors (Lipinski definition) is 3. The second-order valence-corrected chi connectivity index (χ2v) is 7.56. The van der Waals surface area contributed by atoms with E-state index in [1.807, 2.05) is 18.5 Å². The molecule has 154 valence electrons. The maximum atomic E-state index is 13.9. The van der Waals surface area contributed by atoms with Gasteiger partial charge in [0.05, 0.1) is 17.8 Å². The number of hydrogen-bond acceptors (Lipinski definition) is 6. The molecule has 0 atom stereocenters. The predicted octanol–water partition coefficient (Wildman–Crippen LogP) is 2.75. The van der Waals surface area contributed by atoms with Gasteiger partial charge in [0.15, 0.2) is 16.9 Å². The van der Waals surface area contributed by atoms with Crippen LogP contribution in [0.2, 0.25) is 0 Å². The van der Waals surface area contributed by atoms with Gasteiger partial charge in [-0.1, -0.05) is 0 Å². The Kier molecular flexibility index (Phi) is 4.35. The minimum absolute atomic E-state index is 0.0546. The van der Waals surface area contributed by atoms with Crippen molar-refractivity contribution in [2.24, 2.45) is 0 Å². The van der Waals surface area contributed by atoms with E-state index in [1.54, 1.807) is 18.5 Å². The zero-order valence-electron chi connectivity index (χ0n) is 16.4. The Bertz CT molecular complexity index is 1260. The minimum Gasteiger partial charge on any atom is -0.406 e. The molecule has 4 aromatic rings. The molecule has 1 aromatic carbocycles. The fraction of sp³-hybridized carbons (Fsp3) is 0.300. The molecule has 1 saturated heterocycles. The van der Waals surface area contributed by atoms with Crippen molar-refractivity contribution in [2.75, 3.05) is 13.1 Å². The Morgan fingerprint density at radius 2 is 2.20 bits per heavy atom. The van der Waals surface area contributed by atoms with Crippen LogP contribution in [0.1, 0.15) is 19.9 Å². The molecular weight excluding hydrogens is 389 g/mol.